The third-order valence-corrected chi connectivity index (χ3v) is 2.23. The van der Waals surface area contributed by atoms with Crippen molar-refractivity contribution >= 4 is 0 Å². The summed E-state index contributed by atoms with van der Waals surface area (Å²) in [7, 11) is 0. The second-order valence-corrected chi connectivity index (χ2v) is 3.66. The van der Waals surface area contributed by atoms with Gasteiger partial charge in [0.05, 0.1) is 23.0 Å². The molecule has 0 amide bonds. The minimum atomic E-state index is -3.41. The Morgan fingerprint density at radius 1 is 1.20 bits per heavy atom. The number of nitrogens with zero attached hydrogens (tertiary/aromatic N) is 1. The van der Waals surface area contributed by atoms with E-state index in [1.807, 2.05) is 0 Å². The second kappa shape index (κ2) is 7.22. The zero-order valence-corrected chi connectivity index (χ0v) is 10.6. The Bertz CT molecular complexity index is 1110. The summed E-state index contributed by atoms with van der Waals surface area (Å²) in [4.78, 5) is -0.213. The number of hydrogen-bond acceptors (Lipinski definition) is 2. The van der Waals surface area contributed by atoms with Crippen LogP contribution in [-0.2, 0) is 4.74 Å². The molecule has 2 aromatic carbocycles. The first-order valence-corrected chi connectivity index (χ1v) is 5.53. The molecule has 2 nitrogen and oxygen atoms in total. The first kappa shape index (κ1) is 3.96. The van der Waals surface area contributed by atoms with Crippen LogP contribution in [0.4, 0.5) is 0 Å². The van der Waals surface area contributed by atoms with E-state index in [1.165, 1.54) is 0 Å². The van der Waals surface area contributed by atoms with Crippen LogP contribution < -0.4 is 0 Å². The molecule has 0 aliphatic carbocycles. The van der Waals surface area contributed by atoms with Crippen LogP contribution in [0.2, 0.25) is 0 Å². The van der Waals surface area contributed by atoms with Crippen LogP contribution in [-0.4, -0.2) is 32.0 Å². The zero-order valence-electron chi connectivity index (χ0n) is 28.6. The van der Waals surface area contributed by atoms with Crippen molar-refractivity contribution in [2.24, 2.45) is 0 Å². The first-order chi connectivity index (χ1) is 16.9. The fourth-order valence-corrected chi connectivity index (χ4v) is 1.36. The van der Waals surface area contributed by atoms with Gasteiger partial charge in [0.25, 0.3) is 0 Å². The molecule has 0 saturated carbocycles. The number of ether oxygens (including phenoxy) is 1. The van der Waals surface area contributed by atoms with E-state index in [0.717, 1.165) is 6.92 Å². The number of benzene rings is 2. The summed E-state index contributed by atoms with van der Waals surface area (Å²) in [6.07, 6.45) is -3.31. The molecule has 0 aromatic heterocycles. The van der Waals surface area contributed by atoms with Crippen LogP contribution >= 0.6 is 0 Å². The molecule has 2 heteroatoms. The fourth-order valence-electron chi connectivity index (χ4n) is 1.36. The molecule has 0 radical (unpaired) electrons. The topological polar surface area (TPSA) is 12.5 Å². The van der Waals surface area contributed by atoms with Crippen molar-refractivity contribution in [1.82, 2.24) is 4.90 Å². The van der Waals surface area contributed by atoms with Crippen LogP contribution in [0.25, 0.3) is 0 Å². The highest BCUT2D eigenvalue weighted by molar-refractivity contribution is 5.35. The lowest BCUT2D eigenvalue weighted by atomic mass is 9.97. The maximum absolute atomic E-state index is 9.13. The zero-order chi connectivity index (χ0) is 29.9. The summed E-state index contributed by atoms with van der Waals surface area (Å²) in [6, 6.07) is -8.22. The quantitative estimate of drug-likeness (QED) is 0.804. The van der Waals surface area contributed by atoms with E-state index in [0.29, 0.717) is 0 Å². The Morgan fingerprint density at radius 2 is 1.90 bits per heavy atom. The predicted molar refractivity (Wildman–Crippen MR) is 84.0 cm³/mol. The van der Waals surface area contributed by atoms with Gasteiger partial charge >= 0.3 is 0 Å². The number of likely N-dealkylation sites (N-methyl/N-ethyl adjacent to an activating group) is 1. The standard InChI is InChI=1S/C18H23NO/c1-15-9-7-8-12-17(15)18(20-14-13-19(2)3)16-10-5-4-6-11-16/h4-12,18H,13-14H2,1-3H3/i2D3,3D3,4D,5D,6D,7D,8D,9D,10D,11D,12D,14D2,18D. The molecule has 0 spiro atoms. The van der Waals surface area contributed by atoms with Crippen molar-refractivity contribution < 1.29 is 29.4 Å². The summed E-state index contributed by atoms with van der Waals surface area (Å²) in [5.74, 6) is 0. The lowest BCUT2D eigenvalue weighted by Gasteiger charge is -2.22. The number of rotatable bonds is 6. The van der Waals surface area contributed by atoms with Crippen molar-refractivity contribution in [2.45, 2.75) is 13.0 Å². The Morgan fingerprint density at radius 3 is 2.65 bits per heavy atom. The van der Waals surface area contributed by atoms with Crippen LogP contribution in [0.5, 0.6) is 0 Å². The molecule has 2 aromatic rings. The molecule has 0 saturated heterocycles. The van der Waals surface area contributed by atoms with Gasteiger partial charge in [-0.25, -0.2) is 0 Å². The van der Waals surface area contributed by atoms with Crippen molar-refractivity contribution in [3.05, 3.63) is 71.1 Å². The summed E-state index contributed by atoms with van der Waals surface area (Å²) in [5, 5.41) is 0. The average molecular weight is 287 g/mol. The van der Waals surface area contributed by atoms with E-state index in [9.17, 15) is 0 Å². The number of hydrogen-bond donors (Lipinski definition) is 0. The van der Waals surface area contributed by atoms with E-state index in [-0.39, 0.29) is 4.90 Å². The third kappa shape index (κ3) is 3.92. The molecule has 1 atom stereocenters. The monoisotopic (exact) mass is 287 g/mol. The summed E-state index contributed by atoms with van der Waals surface area (Å²) < 4.78 is 149. The van der Waals surface area contributed by atoms with Crippen LogP contribution in [0, 0.1) is 6.92 Å². The molecule has 0 fully saturated rings. The highest BCUT2D eigenvalue weighted by atomic mass is 16.5. The largest absolute Gasteiger partial charge is 0.367 e. The molecule has 0 N–H and O–H groups in total. The minimum absolute atomic E-state index is 0.213. The van der Waals surface area contributed by atoms with Gasteiger partial charge in [0.2, 0.25) is 0 Å². The van der Waals surface area contributed by atoms with Gasteiger partial charge in [-0.1, -0.05) is 54.4 Å². The lowest BCUT2D eigenvalue weighted by molar-refractivity contribution is 0.0683. The first-order valence-electron chi connectivity index (χ1n) is 14.5. The highest BCUT2D eigenvalue weighted by Gasteiger charge is 2.16. The maximum Gasteiger partial charge on any atom is 0.108 e. The van der Waals surface area contributed by atoms with Gasteiger partial charge in [-0.05, 0) is 37.6 Å². The molecule has 106 valence electrons. The SMILES string of the molecule is [2H]c1c([2H])c([2H])c(C([2H])(OC([2H])([2H])CN(C([2H])([2H])[2H])C([2H])([2H])[2H])c2c([2H])c([2H])c([2H])c([2H])c2C)c([2H])c1[2H]. The average Bonchev–Trinajstić information content (AvgIpc) is 2.75. The van der Waals surface area contributed by atoms with Crippen molar-refractivity contribution in [1.29, 1.82) is 0 Å². The molecule has 2 rings (SSSR count). The smallest absolute Gasteiger partial charge is 0.108 e. The lowest BCUT2D eigenvalue weighted by Crippen LogP contribution is -2.20. The Hall–Kier alpha value is -1.64. The van der Waals surface area contributed by atoms with E-state index < -0.39 is 104 Å². The van der Waals surface area contributed by atoms with E-state index in [1.54, 1.807) is 0 Å². The molecule has 1 unspecified atom stereocenters. The third-order valence-electron chi connectivity index (χ3n) is 2.23. The van der Waals surface area contributed by atoms with Gasteiger partial charge in [-0.3, -0.25) is 0 Å². The molecule has 0 heterocycles. The normalized spacial score (nSPS) is 29.1. The molecular weight excluding hydrogens is 246 g/mol. The van der Waals surface area contributed by atoms with Gasteiger partial charge in [-0.2, -0.15) is 0 Å². The van der Waals surface area contributed by atoms with Crippen molar-refractivity contribution in [3.8, 4) is 0 Å². The van der Waals surface area contributed by atoms with Gasteiger partial charge in [0.1, 0.15) is 6.08 Å². The molecule has 20 heavy (non-hydrogen) atoms. The van der Waals surface area contributed by atoms with Crippen LogP contribution in [0.15, 0.2) is 54.4 Å². The van der Waals surface area contributed by atoms with E-state index in [4.69, 9.17) is 29.4 Å². The summed E-state index contributed by atoms with van der Waals surface area (Å²) in [5.41, 5.74) is -2.24. The van der Waals surface area contributed by atoms with Crippen molar-refractivity contribution in [3.63, 3.8) is 0 Å². The van der Waals surface area contributed by atoms with Crippen molar-refractivity contribution in [2.75, 3.05) is 27.1 Å². The highest BCUT2D eigenvalue weighted by Crippen LogP contribution is 2.28. The Labute approximate surface area is 147 Å². The van der Waals surface area contributed by atoms with Gasteiger partial charge in [0, 0.05) is 14.8 Å². The maximum atomic E-state index is 9.13. The van der Waals surface area contributed by atoms with Gasteiger partial charge < -0.3 is 9.64 Å². The van der Waals surface area contributed by atoms with Gasteiger partial charge in [0.15, 0.2) is 0 Å². The fraction of sp³-hybridized carbons (Fsp3) is 0.333. The van der Waals surface area contributed by atoms with E-state index >= 15 is 0 Å². The van der Waals surface area contributed by atoms with E-state index in [2.05, 4.69) is 0 Å². The minimum Gasteiger partial charge on any atom is -0.367 e. The second-order valence-electron chi connectivity index (χ2n) is 3.66. The van der Waals surface area contributed by atoms with Crippen LogP contribution in [0.3, 0.4) is 0 Å². The Balaban J connectivity index is 3.00. The summed E-state index contributed by atoms with van der Waals surface area (Å²) >= 11 is 0. The predicted octanol–water partition coefficient (Wildman–Crippen LogP) is 3.66. The molecule has 0 aliphatic rings. The molecule has 0 aliphatic heterocycles. The van der Waals surface area contributed by atoms with Gasteiger partial charge in [-0.15, -0.1) is 0 Å². The Kier molecular flexibility index (Phi) is 1.43. The molecule has 0 bridgehead atoms. The summed E-state index contributed by atoms with van der Waals surface area (Å²) in [6.45, 7) is -10.6. The van der Waals surface area contributed by atoms with Crippen LogP contribution in [0.1, 0.15) is 47.4 Å². The molecular formula is C18H23NO.